The molecule has 2 rings (SSSR count). The van der Waals surface area contributed by atoms with Crippen molar-refractivity contribution in [3.05, 3.63) is 28.2 Å². The smallest absolute Gasteiger partial charge is 0.133 e. The van der Waals surface area contributed by atoms with E-state index in [4.69, 9.17) is 9.47 Å². The second kappa shape index (κ2) is 6.55. The molecule has 0 aliphatic carbocycles. The van der Waals surface area contributed by atoms with Gasteiger partial charge in [0.05, 0.1) is 23.8 Å². The van der Waals surface area contributed by atoms with Gasteiger partial charge in [0.15, 0.2) is 0 Å². The van der Waals surface area contributed by atoms with Crippen molar-refractivity contribution in [2.24, 2.45) is 0 Å². The molecule has 1 saturated heterocycles. The van der Waals surface area contributed by atoms with Gasteiger partial charge in [0, 0.05) is 6.61 Å². The highest BCUT2D eigenvalue weighted by atomic mass is 79.9. The van der Waals surface area contributed by atoms with Crippen LogP contribution in [0.2, 0.25) is 0 Å². The van der Waals surface area contributed by atoms with E-state index in [0.29, 0.717) is 6.10 Å². The second-order valence-corrected chi connectivity index (χ2v) is 5.48. The molecule has 0 radical (unpaired) electrons. The summed E-state index contributed by atoms with van der Waals surface area (Å²) in [6.07, 6.45) is 3.83. The molecule has 1 aromatic carbocycles. The van der Waals surface area contributed by atoms with Gasteiger partial charge < -0.3 is 14.6 Å². The predicted molar refractivity (Wildman–Crippen MR) is 73.9 cm³/mol. The molecule has 0 bridgehead atoms. The van der Waals surface area contributed by atoms with Crippen LogP contribution in [-0.4, -0.2) is 24.9 Å². The van der Waals surface area contributed by atoms with Gasteiger partial charge in [-0.3, -0.25) is 0 Å². The number of benzene rings is 1. The summed E-state index contributed by atoms with van der Waals surface area (Å²) in [6, 6.07) is 5.69. The van der Waals surface area contributed by atoms with Gasteiger partial charge >= 0.3 is 0 Å². The third-order valence-corrected chi connectivity index (χ3v) is 3.97. The van der Waals surface area contributed by atoms with Gasteiger partial charge in [-0.05, 0) is 59.3 Å². The molecule has 1 heterocycles. The minimum Gasteiger partial charge on any atom is -0.496 e. The zero-order valence-corrected chi connectivity index (χ0v) is 12.1. The second-order valence-electron chi connectivity index (χ2n) is 4.62. The zero-order chi connectivity index (χ0) is 13.0. The number of ether oxygens (including phenoxy) is 2. The van der Waals surface area contributed by atoms with Crippen molar-refractivity contribution >= 4 is 15.9 Å². The van der Waals surface area contributed by atoms with Crippen molar-refractivity contribution in [3.63, 3.8) is 0 Å². The molecule has 1 aromatic rings. The van der Waals surface area contributed by atoms with Crippen molar-refractivity contribution in [2.75, 3.05) is 13.7 Å². The minimum absolute atomic E-state index is 0.335. The van der Waals surface area contributed by atoms with Crippen molar-refractivity contribution in [2.45, 2.75) is 37.9 Å². The van der Waals surface area contributed by atoms with E-state index in [1.807, 2.05) is 18.2 Å². The fourth-order valence-electron chi connectivity index (χ4n) is 2.27. The van der Waals surface area contributed by atoms with Crippen LogP contribution in [0.1, 0.15) is 37.4 Å². The first-order chi connectivity index (χ1) is 8.70. The summed E-state index contributed by atoms with van der Waals surface area (Å²) in [4.78, 5) is 0. The number of aliphatic hydroxyl groups excluding tert-OH is 1. The van der Waals surface area contributed by atoms with E-state index in [1.54, 1.807) is 7.11 Å². The first kappa shape index (κ1) is 13.8. The molecule has 0 aromatic heterocycles. The lowest BCUT2D eigenvalue weighted by atomic mass is 10.0. The molecule has 4 heteroatoms. The SMILES string of the molecule is COc1ccc(C(O)CCC2CCCO2)cc1Br. The third-order valence-electron chi connectivity index (χ3n) is 3.35. The molecule has 18 heavy (non-hydrogen) atoms. The lowest BCUT2D eigenvalue weighted by Crippen LogP contribution is -2.08. The molecule has 1 N–H and O–H groups in total. The molecule has 0 spiro atoms. The average molecular weight is 315 g/mol. The molecule has 0 saturated carbocycles. The van der Waals surface area contributed by atoms with Gasteiger partial charge in [-0.25, -0.2) is 0 Å². The Labute approximate surface area is 116 Å². The number of halogens is 1. The van der Waals surface area contributed by atoms with Gasteiger partial charge in [0.1, 0.15) is 5.75 Å². The van der Waals surface area contributed by atoms with Crippen LogP contribution in [0.5, 0.6) is 5.75 Å². The standard InChI is InChI=1S/C14H19BrO3/c1-17-14-7-4-10(9-12(14)15)13(16)6-5-11-3-2-8-18-11/h4,7,9,11,13,16H,2-3,5-6,8H2,1H3. The molecule has 2 atom stereocenters. The maximum absolute atomic E-state index is 10.2. The molecule has 1 aliphatic heterocycles. The third kappa shape index (κ3) is 3.46. The first-order valence-electron chi connectivity index (χ1n) is 6.34. The Kier molecular flexibility index (Phi) is 5.03. The molecular weight excluding hydrogens is 296 g/mol. The maximum Gasteiger partial charge on any atom is 0.133 e. The van der Waals surface area contributed by atoms with E-state index in [2.05, 4.69) is 15.9 Å². The first-order valence-corrected chi connectivity index (χ1v) is 7.13. The van der Waals surface area contributed by atoms with E-state index < -0.39 is 6.10 Å². The summed E-state index contributed by atoms with van der Waals surface area (Å²) in [5.74, 6) is 0.782. The Morgan fingerprint density at radius 3 is 3.00 bits per heavy atom. The summed E-state index contributed by atoms with van der Waals surface area (Å²) in [5, 5.41) is 10.2. The molecule has 1 aliphatic rings. The molecule has 1 fully saturated rings. The van der Waals surface area contributed by atoms with Crippen LogP contribution in [0.25, 0.3) is 0 Å². The largest absolute Gasteiger partial charge is 0.496 e. The van der Waals surface area contributed by atoms with E-state index >= 15 is 0 Å². The van der Waals surface area contributed by atoms with Gasteiger partial charge in [-0.1, -0.05) is 6.07 Å². The Morgan fingerprint density at radius 2 is 2.39 bits per heavy atom. The Hall–Kier alpha value is -0.580. The highest BCUT2D eigenvalue weighted by molar-refractivity contribution is 9.10. The van der Waals surface area contributed by atoms with Crippen molar-refractivity contribution in [1.82, 2.24) is 0 Å². The quantitative estimate of drug-likeness (QED) is 0.904. The lowest BCUT2D eigenvalue weighted by Gasteiger charge is -2.15. The van der Waals surface area contributed by atoms with E-state index in [-0.39, 0.29) is 0 Å². The molecular formula is C14H19BrO3. The zero-order valence-electron chi connectivity index (χ0n) is 10.6. The summed E-state index contributed by atoms with van der Waals surface area (Å²) >= 11 is 3.43. The van der Waals surface area contributed by atoms with Gasteiger partial charge in [-0.15, -0.1) is 0 Å². The van der Waals surface area contributed by atoms with Gasteiger partial charge in [0.25, 0.3) is 0 Å². The number of rotatable bonds is 5. The predicted octanol–water partition coefficient (Wildman–Crippen LogP) is 3.45. The summed E-state index contributed by atoms with van der Waals surface area (Å²) in [6.45, 7) is 0.870. The van der Waals surface area contributed by atoms with E-state index in [1.165, 1.54) is 0 Å². The van der Waals surface area contributed by atoms with Crippen LogP contribution in [0.15, 0.2) is 22.7 Å². The highest BCUT2D eigenvalue weighted by Gasteiger charge is 2.18. The average Bonchev–Trinajstić information content (AvgIpc) is 2.89. The molecule has 3 nitrogen and oxygen atoms in total. The highest BCUT2D eigenvalue weighted by Crippen LogP contribution is 2.30. The molecule has 0 amide bonds. The van der Waals surface area contributed by atoms with Crippen molar-refractivity contribution < 1.29 is 14.6 Å². The topological polar surface area (TPSA) is 38.7 Å². The van der Waals surface area contributed by atoms with Gasteiger partial charge in [-0.2, -0.15) is 0 Å². The van der Waals surface area contributed by atoms with E-state index in [0.717, 1.165) is 48.1 Å². The van der Waals surface area contributed by atoms with Gasteiger partial charge in [0.2, 0.25) is 0 Å². The fourth-order valence-corrected chi connectivity index (χ4v) is 2.83. The molecule has 2 unspecified atom stereocenters. The van der Waals surface area contributed by atoms with Crippen LogP contribution >= 0.6 is 15.9 Å². The monoisotopic (exact) mass is 314 g/mol. The minimum atomic E-state index is -0.434. The van der Waals surface area contributed by atoms with Crippen LogP contribution in [0, 0.1) is 0 Å². The van der Waals surface area contributed by atoms with Crippen LogP contribution in [0.4, 0.5) is 0 Å². The number of aliphatic hydroxyl groups is 1. The normalized spacial score (nSPS) is 20.9. The number of methoxy groups -OCH3 is 1. The van der Waals surface area contributed by atoms with Crippen molar-refractivity contribution in [3.8, 4) is 5.75 Å². The van der Waals surface area contributed by atoms with Crippen LogP contribution < -0.4 is 4.74 Å². The van der Waals surface area contributed by atoms with E-state index in [9.17, 15) is 5.11 Å². The maximum atomic E-state index is 10.2. The number of hydrogen-bond acceptors (Lipinski definition) is 3. The Bertz CT molecular complexity index is 389. The van der Waals surface area contributed by atoms with Crippen LogP contribution in [0.3, 0.4) is 0 Å². The fraction of sp³-hybridized carbons (Fsp3) is 0.571. The van der Waals surface area contributed by atoms with Crippen molar-refractivity contribution in [1.29, 1.82) is 0 Å². The van der Waals surface area contributed by atoms with Crippen LogP contribution in [-0.2, 0) is 4.74 Å². The lowest BCUT2D eigenvalue weighted by molar-refractivity contribution is 0.0812. The summed E-state index contributed by atoms with van der Waals surface area (Å²) in [7, 11) is 1.63. The summed E-state index contributed by atoms with van der Waals surface area (Å²) in [5.41, 5.74) is 0.917. The number of hydrogen-bond donors (Lipinski definition) is 1. The summed E-state index contributed by atoms with van der Waals surface area (Å²) < 4.78 is 11.6. The Balaban J connectivity index is 1.91. The Morgan fingerprint density at radius 1 is 1.56 bits per heavy atom. The molecule has 100 valence electrons.